The second-order valence-electron chi connectivity index (χ2n) is 9.67. The Morgan fingerprint density at radius 2 is 1.78 bits per heavy atom. The Kier molecular flexibility index (Phi) is 6.48. The van der Waals surface area contributed by atoms with Crippen LogP contribution in [-0.2, 0) is 27.4 Å². The lowest BCUT2D eigenvalue weighted by molar-refractivity contribution is -0.114. The first-order chi connectivity index (χ1) is 18.1. The molecule has 2 aromatic carbocycles. The maximum Gasteiger partial charge on any atom is 0.167 e. The van der Waals surface area contributed by atoms with Crippen LogP contribution in [0.3, 0.4) is 0 Å². The van der Waals surface area contributed by atoms with Crippen LogP contribution in [-0.4, -0.2) is 50.6 Å². The van der Waals surface area contributed by atoms with Gasteiger partial charge in [0, 0.05) is 18.3 Å². The average Bonchev–Trinajstić information content (AvgIpc) is 3.30. The topological polar surface area (TPSA) is 90.7 Å². The van der Waals surface area contributed by atoms with E-state index in [2.05, 4.69) is 15.3 Å². The van der Waals surface area contributed by atoms with Gasteiger partial charge in [-0.3, -0.25) is 0 Å². The summed E-state index contributed by atoms with van der Waals surface area (Å²) in [7, 11) is 0. The Hall–Kier alpha value is -3.56. The number of aliphatic hydroxyl groups is 1. The van der Waals surface area contributed by atoms with E-state index >= 15 is 0 Å². The predicted molar refractivity (Wildman–Crippen MR) is 141 cm³/mol. The standard InChI is InChI=1S/C29H30N4O4/c1-29(34)25(36-17-21-11-6-3-7-12-21)23(18-35-16-20-9-4-2-5-10-20)37-28(29)33-15-22-13-8-14-30-26-24(22)27(33)32-19-31-26/h2-13,15,19,23,25,28,34H,14,16-18H2,1H3,(H,30,31,32)/t23-,25-,28?,29-/m1/s1. The molecule has 0 radical (unpaired) electrons. The SMILES string of the molecule is C[C@]1(O)C(n2cc3c4c(ncnc42)NCC=C3)O[C@H](COCc2ccccc2)[C@H]1OCc1ccccc1. The number of rotatable bonds is 8. The summed E-state index contributed by atoms with van der Waals surface area (Å²) in [5, 5.41) is 16.1. The quantitative estimate of drug-likeness (QED) is 0.374. The smallest absolute Gasteiger partial charge is 0.167 e. The lowest BCUT2D eigenvalue weighted by Crippen LogP contribution is -2.46. The van der Waals surface area contributed by atoms with Crippen molar-refractivity contribution in [3.63, 3.8) is 0 Å². The second kappa shape index (κ2) is 10.1. The third kappa shape index (κ3) is 4.65. The van der Waals surface area contributed by atoms with Gasteiger partial charge < -0.3 is 29.2 Å². The number of aromatic nitrogens is 3. The molecule has 1 unspecified atom stereocenters. The van der Waals surface area contributed by atoms with E-state index in [-0.39, 0.29) is 6.61 Å². The summed E-state index contributed by atoms with van der Waals surface area (Å²) in [5.41, 5.74) is 2.41. The van der Waals surface area contributed by atoms with Crippen LogP contribution in [0, 0.1) is 0 Å². The summed E-state index contributed by atoms with van der Waals surface area (Å²) < 4.78 is 20.8. The van der Waals surface area contributed by atoms with Gasteiger partial charge in [0.15, 0.2) is 6.23 Å². The van der Waals surface area contributed by atoms with Crippen molar-refractivity contribution in [1.82, 2.24) is 14.5 Å². The van der Waals surface area contributed by atoms with Crippen LogP contribution in [0.5, 0.6) is 0 Å². The molecule has 0 saturated carbocycles. The van der Waals surface area contributed by atoms with Crippen molar-refractivity contribution in [3.8, 4) is 0 Å². The molecule has 1 fully saturated rings. The van der Waals surface area contributed by atoms with Gasteiger partial charge in [-0.2, -0.15) is 0 Å². The Labute approximate surface area is 215 Å². The van der Waals surface area contributed by atoms with Crippen molar-refractivity contribution < 1.29 is 19.3 Å². The highest BCUT2D eigenvalue weighted by atomic mass is 16.6. The summed E-state index contributed by atoms with van der Waals surface area (Å²) in [6, 6.07) is 19.9. The molecule has 0 spiro atoms. The van der Waals surface area contributed by atoms with E-state index in [1.54, 1.807) is 6.92 Å². The number of ether oxygens (including phenoxy) is 3. The zero-order valence-electron chi connectivity index (χ0n) is 20.7. The van der Waals surface area contributed by atoms with Gasteiger partial charge >= 0.3 is 0 Å². The molecule has 8 heteroatoms. The third-order valence-corrected chi connectivity index (χ3v) is 6.96. The molecule has 0 aliphatic carbocycles. The minimum absolute atomic E-state index is 0.273. The Bertz CT molecular complexity index is 1390. The maximum absolute atomic E-state index is 11.9. The molecule has 190 valence electrons. The maximum atomic E-state index is 11.9. The summed E-state index contributed by atoms with van der Waals surface area (Å²) in [6.45, 7) is 3.52. The third-order valence-electron chi connectivity index (χ3n) is 6.96. The lowest BCUT2D eigenvalue weighted by atomic mass is 9.96. The molecular weight excluding hydrogens is 468 g/mol. The van der Waals surface area contributed by atoms with Crippen LogP contribution in [0.2, 0.25) is 0 Å². The Balaban J connectivity index is 1.30. The molecule has 6 rings (SSSR count). The van der Waals surface area contributed by atoms with E-state index in [9.17, 15) is 5.11 Å². The highest BCUT2D eigenvalue weighted by Crippen LogP contribution is 2.43. The number of anilines is 1. The zero-order valence-corrected chi connectivity index (χ0v) is 20.7. The van der Waals surface area contributed by atoms with Crippen LogP contribution in [0.4, 0.5) is 5.82 Å². The largest absolute Gasteiger partial charge is 0.383 e. The fourth-order valence-electron chi connectivity index (χ4n) is 5.16. The van der Waals surface area contributed by atoms with Gasteiger partial charge in [-0.15, -0.1) is 0 Å². The molecule has 4 atom stereocenters. The molecule has 4 heterocycles. The first-order valence-electron chi connectivity index (χ1n) is 12.5. The fourth-order valence-corrected chi connectivity index (χ4v) is 5.16. The van der Waals surface area contributed by atoms with E-state index in [1.807, 2.05) is 83.6 Å². The van der Waals surface area contributed by atoms with E-state index < -0.39 is 24.0 Å². The molecule has 2 aliphatic rings. The van der Waals surface area contributed by atoms with Gasteiger partial charge in [0.1, 0.15) is 35.6 Å². The van der Waals surface area contributed by atoms with Crippen molar-refractivity contribution in [1.29, 1.82) is 0 Å². The van der Waals surface area contributed by atoms with E-state index in [1.165, 1.54) is 6.33 Å². The molecular formula is C29H30N4O4. The normalized spacial score (nSPS) is 24.8. The number of nitrogens with one attached hydrogen (secondary N) is 1. The average molecular weight is 499 g/mol. The molecule has 0 amide bonds. The van der Waals surface area contributed by atoms with Gasteiger partial charge in [0.05, 0.1) is 25.2 Å². The van der Waals surface area contributed by atoms with Crippen molar-refractivity contribution in [2.45, 2.75) is 44.2 Å². The highest BCUT2D eigenvalue weighted by molar-refractivity contribution is 5.96. The molecule has 2 aromatic heterocycles. The Morgan fingerprint density at radius 3 is 2.54 bits per heavy atom. The van der Waals surface area contributed by atoms with Crippen molar-refractivity contribution >= 4 is 22.9 Å². The van der Waals surface area contributed by atoms with E-state index in [0.29, 0.717) is 25.4 Å². The van der Waals surface area contributed by atoms with Crippen LogP contribution in [0.25, 0.3) is 17.1 Å². The molecule has 2 aliphatic heterocycles. The minimum Gasteiger partial charge on any atom is -0.383 e. The summed E-state index contributed by atoms with van der Waals surface area (Å²) in [5.74, 6) is 0.765. The number of benzene rings is 2. The van der Waals surface area contributed by atoms with E-state index in [4.69, 9.17) is 14.2 Å². The molecule has 8 nitrogen and oxygen atoms in total. The van der Waals surface area contributed by atoms with Crippen LogP contribution < -0.4 is 5.32 Å². The van der Waals surface area contributed by atoms with Crippen LogP contribution in [0.1, 0.15) is 29.8 Å². The molecule has 0 bridgehead atoms. The highest BCUT2D eigenvalue weighted by Gasteiger charge is 2.55. The first-order valence-corrected chi connectivity index (χ1v) is 12.5. The van der Waals surface area contributed by atoms with Crippen LogP contribution in [0.15, 0.2) is 79.3 Å². The van der Waals surface area contributed by atoms with Crippen molar-refractivity contribution in [2.24, 2.45) is 0 Å². The summed E-state index contributed by atoms with van der Waals surface area (Å²) >= 11 is 0. The first kappa shape index (κ1) is 23.8. The molecule has 37 heavy (non-hydrogen) atoms. The van der Waals surface area contributed by atoms with Gasteiger partial charge in [-0.05, 0) is 18.1 Å². The lowest BCUT2D eigenvalue weighted by Gasteiger charge is -2.30. The summed E-state index contributed by atoms with van der Waals surface area (Å²) in [6.07, 6.45) is 5.73. The van der Waals surface area contributed by atoms with Crippen molar-refractivity contribution in [3.05, 3.63) is 96.0 Å². The van der Waals surface area contributed by atoms with Crippen molar-refractivity contribution in [2.75, 3.05) is 18.5 Å². The number of hydrogen-bond acceptors (Lipinski definition) is 7. The van der Waals surface area contributed by atoms with Gasteiger partial charge in [-0.25, -0.2) is 9.97 Å². The zero-order chi connectivity index (χ0) is 25.2. The van der Waals surface area contributed by atoms with Crippen LogP contribution >= 0.6 is 0 Å². The predicted octanol–water partition coefficient (Wildman–Crippen LogP) is 4.32. The summed E-state index contributed by atoms with van der Waals surface area (Å²) in [4.78, 5) is 8.97. The van der Waals surface area contributed by atoms with Gasteiger partial charge in [0.2, 0.25) is 0 Å². The number of hydrogen-bond donors (Lipinski definition) is 2. The van der Waals surface area contributed by atoms with Gasteiger partial charge in [-0.1, -0.05) is 72.8 Å². The molecule has 4 aromatic rings. The monoisotopic (exact) mass is 498 g/mol. The minimum atomic E-state index is -1.36. The Morgan fingerprint density at radius 1 is 1.05 bits per heavy atom. The second-order valence-corrected chi connectivity index (χ2v) is 9.67. The van der Waals surface area contributed by atoms with E-state index in [0.717, 1.165) is 27.9 Å². The van der Waals surface area contributed by atoms with Gasteiger partial charge in [0.25, 0.3) is 0 Å². The number of nitrogens with zero attached hydrogens (tertiary/aromatic N) is 3. The fraction of sp³-hybridized carbons (Fsp3) is 0.310. The molecule has 1 saturated heterocycles. The molecule has 2 N–H and O–H groups in total.